The van der Waals surface area contributed by atoms with E-state index in [2.05, 4.69) is 9.97 Å². The van der Waals surface area contributed by atoms with Crippen LogP contribution in [-0.2, 0) is 0 Å². The van der Waals surface area contributed by atoms with Crippen molar-refractivity contribution in [1.29, 1.82) is 0 Å². The van der Waals surface area contributed by atoms with Crippen LogP contribution < -0.4 is 11.2 Å². The Balaban J connectivity index is 1.20. The van der Waals surface area contributed by atoms with Gasteiger partial charge in [0.15, 0.2) is 11.4 Å². The first-order valence-corrected chi connectivity index (χ1v) is 15.1. The SMILES string of the molecule is O=Cc1ccc(-c2cccc(-n3c(=O)n(C4CCC(CC(=O)c5cn6cc(F)ccc6n5)CC4)c(=O)c4cc(F)cnc43)c2)c(O)c1. The van der Waals surface area contributed by atoms with Crippen molar-refractivity contribution in [3.8, 4) is 22.6 Å². The molecule has 1 N–H and O–H groups in total. The number of phenols is 1. The van der Waals surface area contributed by atoms with Crippen molar-refractivity contribution in [2.24, 2.45) is 5.92 Å². The van der Waals surface area contributed by atoms with Gasteiger partial charge in [-0.05, 0) is 79.6 Å². The molecule has 0 bridgehead atoms. The first kappa shape index (κ1) is 29.9. The molecule has 1 aliphatic carbocycles. The van der Waals surface area contributed by atoms with Crippen LogP contribution in [0.3, 0.4) is 0 Å². The maximum Gasteiger partial charge on any atom is 0.337 e. The normalized spacial score (nSPS) is 16.5. The van der Waals surface area contributed by atoms with E-state index in [1.165, 1.54) is 39.6 Å². The molecule has 0 spiro atoms. The van der Waals surface area contributed by atoms with Crippen molar-refractivity contribution >= 4 is 28.7 Å². The third kappa shape index (κ3) is 5.51. The Morgan fingerprint density at radius 2 is 1.77 bits per heavy atom. The lowest BCUT2D eigenvalue weighted by molar-refractivity contribution is 0.0938. The number of halogens is 2. The fourth-order valence-corrected chi connectivity index (χ4v) is 6.49. The third-order valence-electron chi connectivity index (χ3n) is 8.82. The summed E-state index contributed by atoms with van der Waals surface area (Å²) in [5, 5.41) is 10.5. The second kappa shape index (κ2) is 11.9. The number of benzene rings is 2. The topological polar surface area (TPSA) is 129 Å². The van der Waals surface area contributed by atoms with Crippen molar-refractivity contribution in [1.82, 2.24) is 23.5 Å². The Bertz CT molecular complexity index is 2340. The first-order chi connectivity index (χ1) is 22.7. The largest absolute Gasteiger partial charge is 0.507 e. The molecule has 12 heteroatoms. The van der Waals surface area contributed by atoms with Gasteiger partial charge in [0.2, 0.25) is 0 Å². The Kier molecular flexibility index (Phi) is 7.55. The molecular formula is C35H27F2N5O5. The second-order valence-corrected chi connectivity index (χ2v) is 11.8. The predicted molar refractivity (Wildman–Crippen MR) is 169 cm³/mol. The average Bonchev–Trinajstić information content (AvgIpc) is 3.49. The monoisotopic (exact) mass is 635 g/mol. The van der Waals surface area contributed by atoms with E-state index in [4.69, 9.17) is 0 Å². The summed E-state index contributed by atoms with van der Waals surface area (Å²) in [6.45, 7) is 0. The molecule has 7 rings (SSSR count). The van der Waals surface area contributed by atoms with Crippen LogP contribution in [0, 0.1) is 17.6 Å². The minimum absolute atomic E-state index is 0.00671. The predicted octanol–water partition coefficient (Wildman–Crippen LogP) is 5.66. The highest BCUT2D eigenvalue weighted by atomic mass is 19.1. The van der Waals surface area contributed by atoms with E-state index in [0.29, 0.717) is 60.0 Å². The van der Waals surface area contributed by atoms with Crippen molar-refractivity contribution in [3.63, 3.8) is 0 Å². The summed E-state index contributed by atoms with van der Waals surface area (Å²) in [6.07, 6.45) is 6.55. The lowest BCUT2D eigenvalue weighted by Gasteiger charge is -2.29. The Labute approximate surface area is 265 Å². The molecule has 2 aromatic carbocycles. The zero-order valence-corrected chi connectivity index (χ0v) is 24.8. The molecule has 47 heavy (non-hydrogen) atoms. The molecule has 6 aromatic rings. The number of carbonyl (C=O) groups excluding carboxylic acids is 2. The van der Waals surface area contributed by atoms with E-state index in [-0.39, 0.29) is 40.6 Å². The van der Waals surface area contributed by atoms with E-state index in [1.807, 2.05) is 0 Å². The maximum absolute atomic E-state index is 14.4. The average molecular weight is 636 g/mol. The molecule has 10 nitrogen and oxygen atoms in total. The van der Waals surface area contributed by atoms with Crippen LogP contribution in [0.25, 0.3) is 33.5 Å². The van der Waals surface area contributed by atoms with Gasteiger partial charge >= 0.3 is 5.69 Å². The van der Waals surface area contributed by atoms with Crippen LogP contribution in [0.4, 0.5) is 8.78 Å². The molecule has 0 amide bonds. The Morgan fingerprint density at radius 1 is 0.957 bits per heavy atom. The zero-order chi connectivity index (χ0) is 32.8. The molecular weight excluding hydrogens is 608 g/mol. The Morgan fingerprint density at radius 3 is 2.53 bits per heavy atom. The summed E-state index contributed by atoms with van der Waals surface area (Å²) in [7, 11) is 0. The van der Waals surface area contributed by atoms with Crippen molar-refractivity contribution in [2.75, 3.05) is 0 Å². The second-order valence-electron chi connectivity index (χ2n) is 11.8. The van der Waals surface area contributed by atoms with E-state index in [9.17, 15) is 33.1 Å². The van der Waals surface area contributed by atoms with E-state index in [0.717, 1.165) is 16.8 Å². The number of rotatable bonds is 7. The fourth-order valence-electron chi connectivity index (χ4n) is 6.49. The summed E-state index contributed by atoms with van der Waals surface area (Å²) in [6, 6.07) is 14.5. The van der Waals surface area contributed by atoms with Crippen LogP contribution in [0.1, 0.15) is 59.0 Å². The maximum atomic E-state index is 14.4. The lowest BCUT2D eigenvalue weighted by atomic mass is 9.82. The van der Waals surface area contributed by atoms with Gasteiger partial charge in [0.05, 0.1) is 17.3 Å². The molecule has 0 unspecified atom stereocenters. The van der Waals surface area contributed by atoms with Gasteiger partial charge < -0.3 is 9.51 Å². The molecule has 4 heterocycles. The van der Waals surface area contributed by atoms with Gasteiger partial charge in [-0.15, -0.1) is 0 Å². The molecule has 1 fully saturated rings. The first-order valence-electron chi connectivity index (χ1n) is 15.1. The molecule has 0 saturated heterocycles. The molecule has 4 aromatic heterocycles. The number of fused-ring (bicyclic) bond motifs is 2. The van der Waals surface area contributed by atoms with Gasteiger partial charge in [0.25, 0.3) is 5.56 Å². The van der Waals surface area contributed by atoms with Crippen molar-refractivity contribution in [3.05, 3.63) is 123 Å². The van der Waals surface area contributed by atoms with E-state index < -0.39 is 28.9 Å². The number of aromatic hydroxyl groups is 1. The van der Waals surface area contributed by atoms with Gasteiger partial charge in [-0.3, -0.25) is 19.0 Å². The molecule has 1 aliphatic rings. The lowest BCUT2D eigenvalue weighted by Crippen LogP contribution is -2.43. The molecule has 0 atom stereocenters. The molecule has 0 radical (unpaired) electrons. The quantitative estimate of drug-likeness (QED) is 0.177. The highest BCUT2D eigenvalue weighted by Gasteiger charge is 2.29. The number of phenolic OH excluding ortho intramolecular Hbond substituents is 1. The molecule has 1 saturated carbocycles. The number of aldehydes is 1. The number of imidazole rings is 1. The molecule has 236 valence electrons. The highest BCUT2D eigenvalue weighted by molar-refractivity contribution is 5.95. The minimum Gasteiger partial charge on any atom is -0.507 e. The number of hydrogen-bond donors (Lipinski definition) is 1. The van der Waals surface area contributed by atoms with Crippen LogP contribution >= 0.6 is 0 Å². The number of carbonyl (C=O) groups is 2. The van der Waals surface area contributed by atoms with Crippen molar-refractivity contribution in [2.45, 2.75) is 38.1 Å². The van der Waals surface area contributed by atoms with Gasteiger partial charge in [-0.25, -0.2) is 28.1 Å². The smallest absolute Gasteiger partial charge is 0.337 e. The summed E-state index contributed by atoms with van der Waals surface area (Å²) >= 11 is 0. The summed E-state index contributed by atoms with van der Waals surface area (Å²) in [4.78, 5) is 60.5. The highest BCUT2D eigenvalue weighted by Crippen LogP contribution is 2.34. The third-order valence-corrected chi connectivity index (χ3v) is 8.82. The number of aromatic nitrogens is 5. The van der Waals surface area contributed by atoms with Crippen LogP contribution in [0.5, 0.6) is 5.75 Å². The number of Topliss-reactive ketones (excluding diaryl/α,β-unsaturated/α-hetero) is 1. The zero-order valence-electron chi connectivity index (χ0n) is 24.8. The van der Waals surface area contributed by atoms with Crippen molar-refractivity contribution < 1.29 is 23.5 Å². The van der Waals surface area contributed by atoms with Gasteiger partial charge in [0.1, 0.15) is 35.0 Å². The van der Waals surface area contributed by atoms with E-state index >= 15 is 0 Å². The minimum atomic E-state index is -0.725. The van der Waals surface area contributed by atoms with Gasteiger partial charge in [-0.1, -0.05) is 18.2 Å². The number of ketones is 1. The summed E-state index contributed by atoms with van der Waals surface area (Å²) in [5.41, 5.74) is 1.01. The van der Waals surface area contributed by atoms with Crippen LogP contribution in [0.2, 0.25) is 0 Å². The van der Waals surface area contributed by atoms with Gasteiger partial charge in [-0.2, -0.15) is 0 Å². The van der Waals surface area contributed by atoms with Gasteiger partial charge in [0, 0.05) is 36.0 Å². The molecule has 0 aliphatic heterocycles. The number of pyridine rings is 2. The Hall–Kier alpha value is -5.78. The number of hydrogen-bond acceptors (Lipinski definition) is 7. The standard InChI is InChI=1S/C35H27F2N5O5/c36-23-7-11-32-39-29(18-40(32)17-23)31(45)12-20-4-8-25(9-5-20)42-34(46)28-15-24(37)16-38-33(28)41(35(42)47)26-3-1-2-22(14-26)27-10-6-21(19-43)13-30(27)44/h1-3,6-7,10-11,13-20,25,44H,4-5,8-9,12H2. The summed E-state index contributed by atoms with van der Waals surface area (Å²) < 4.78 is 31.9. The van der Waals surface area contributed by atoms with E-state index in [1.54, 1.807) is 36.4 Å². The number of nitrogens with zero attached hydrogens (tertiary/aromatic N) is 5. The fraction of sp³-hybridized carbons (Fsp3) is 0.200. The van der Waals surface area contributed by atoms with Crippen LogP contribution in [-0.4, -0.2) is 40.7 Å². The summed E-state index contributed by atoms with van der Waals surface area (Å²) in [5.74, 6) is -1.47. The van der Waals surface area contributed by atoms with Crippen LogP contribution in [0.15, 0.2) is 88.8 Å².